The van der Waals surface area contributed by atoms with Crippen LogP contribution in [0.5, 0.6) is 0 Å². The highest BCUT2D eigenvalue weighted by atomic mass is 35.5. The number of halogens is 2. The zero-order valence-corrected chi connectivity index (χ0v) is 20.7. The average Bonchev–Trinajstić information content (AvgIpc) is 3.12. The summed E-state index contributed by atoms with van der Waals surface area (Å²) in [6.45, 7) is 0.613. The van der Waals surface area contributed by atoms with Gasteiger partial charge in [-0.2, -0.15) is 0 Å². The van der Waals surface area contributed by atoms with Crippen LogP contribution in [0.4, 0.5) is 5.69 Å². The predicted octanol–water partition coefficient (Wildman–Crippen LogP) is 4.39. The van der Waals surface area contributed by atoms with E-state index in [0.29, 0.717) is 29.6 Å². The molecule has 11 heteroatoms. The van der Waals surface area contributed by atoms with Gasteiger partial charge in [0.15, 0.2) is 0 Å². The Balaban J connectivity index is 1.78. The summed E-state index contributed by atoms with van der Waals surface area (Å²) in [5.74, 6) is -1.40. The smallest absolute Gasteiger partial charge is 0.324 e. The van der Waals surface area contributed by atoms with E-state index in [0.717, 1.165) is 23.6 Å². The van der Waals surface area contributed by atoms with E-state index in [4.69, 9.17) is 23.2 Å². The molecule has 1 N–H and O–H groups in total. The lowest BCUT2D eigenvalue weighted by Gasteiger charge is -2.26. The third kappa shape index (κ3) is 4.73. The number of benzene rings is 2. The van der Waals surface area contributed by atoms with Gasteiger partial charge in [-0.3, -0.25) is 13.9 Å². The quantitative estimate of drug-likeness (QED) is 0.516. The zero-order valence-electron chi connectivity index (χ0n) is 18.4. The molecular weight excluding hydrogens is 501 g/mol. The fraction of sp³-hybridized carbons (Fsp3) is 0.304. The molecule has 0 aliphatic carbocycles. The first-order chi connectivity index (χ1) is 16.1. The Hall–Kier alpha value is -2.75. The van der Waals surface area contributed by atoms with Gasteiger partial charge < -0.3 is 14.6 Å². The van der Waals surface area contributed by atoms with Crippen molar-refractivity contribution < 1.29 is 23.1 Å². The largest absolute Gasteiger partial charge is 0.480 e. The number of sulfonamides is 1. The lowest BCUT2D eigenvalue weighted by Crippen LogP contribution is -2.36. The van der Waals surface area contributed by atoms with Gasteiger partial charge >= 0.3 is 5.97 Å². The minimum Gasteiger partial charge on any atom is -0.480 e. The third-order valence-electron chi connectivity index (χ3n) is 5.84. The van der Waals surface area contributed by atoms with Crippen LogP contribution in [-0.2, 0) is 21.9 Å². The molecule has 0 bridgehead atoms. The molecule has 1 aromatic heterocycles. The zero-order chi connectivity index (χ0) is 24.6. The number of hydrogen-bond acceptors (Lipinski definition) is 4. The normalized spacial score (nSPS) is 14.4. The number of rotatable bonds is 6. The molecule has 3 aromatic rings. The number of carbonyl (C=O) groups is 2. The van der Waals surface area contributed by atoms with Gasteiger partial charge in [-0.25, -0.2) is 8.42 Å². The Morgan fingerprint density at radius 2 is 1.68 bits per heavy atom. The topological polar surface area (TPSA) is 99.9 Å². The van der Waals surface area contributed by atoms with Gasteiger partial charge in [0.05, 0.1) is 21.7 Å². The first kappa shape index (κ1) is 24.4. The number of anilines is 1. The number of likely N-dealkylation sites (tertiary alicyclic amines) is 1. The van der Waals surface area contributed by atoms with Crippen molar-refractivity contribution in [2.75, 3.05) is 23.9 Å². The lowest BCUT2D eigenvalue weighted by molar-refractivity contribution is -0.135. The van der Waals surface area contributed by atoms with E-state index in [-0.39, 0.29) is 26.5 Å². The molecule has 4 rings (SSSR count). The molecule has 0 atom stereocenters. The highest BCUT2D eigenvalue weighted by Gasteiger charge is 2.29. The van der Waals surface area contributed by atoms with Crippen molar-refractivity contribution in [2.24, 2.45) is 7.05 Å². The third-order valence-corrected chi connectivity index (χ3v) is 8.03. The van der Waals surface area contributed by atoms with Crippen molar-refractivity contribution in [3.8, 4) is 0 Å². The number of hydrogen-bond donors (Lipinski definition) is 1. The van der Waals surface area contributed by atoms with E-state index in [2.05, 4.69) is 0 Å². The van der Waals surface area contributed by atoms with Crippen LogP contribution >= 0.6 is 23.2 Å². The summed E-state index contributed by atoms with van der Waals surface area (Å²) in [5, 5.41) is 10.3. The van der Waals surface area contributed by atoms with E-state index in [1.165, 1.54) is 24.3 Å². The minimum absolute atomic E-state index is 0.0679. The van der Waals surface area contributed by atoms with Crippen LogP contribution in [-0.4, -0.2) is 54.5 Å². The molecule has 2 heterocycles. The van der Waals surface area contributed by atoms with Crippen molar-refractivity contribution in [3.63, 3.8) is 0 Å². The fourth-order valence-corrected chi connectivity index (χ4v) is 6.34. The van der Waals surface area contributed by atoms with E-state index in [1.807, 2.05) is 4.90 Å². The van der Waals surface area contributed by atoms with E-state index < -0.39 is 22.5 Å². The van der Waals surface area contributed by atoms with Crippen LogP contribution in [0.2, 0.25) is 10.0 Å². The number of carbonyl (C=O) groups excluding carboxylic acids is 1. The van der Waals surface area contributed by atoms with Crippen molar-refractivity contribution in [1.82, 2.24) is 9.47 Å². The van der Waals surface area contributed by atoms with E-state index in [1.54, 1.807) is 29.9 Å². The second-order valence-corrected chi connectivity index (χ2v) is 11.0. The summed E-state index contributed by atoms with van der Waals surface area (Å²) in [6, 6.07) is 8.54. The van der Waals surface area contributed by atoms with Crippen LogP contribution in [0.3, 0.4) is 0 Å². The van der Waals surface area contributed by atoms with Crippen LogP contribution in [0.1, 0.15) is 29.6 Å². The number of amides is 1. The summed E-state index contributed by atoms with van der Waals surface area (Å²) in [4.78, 5) is 26.3. The van der Waals surface area contributed by atoms with Crippen LogP contribution in [0, 0.1) is 0 Å². The number of carboxylic acid groups (broad SMARTS) is 1. The van der Waals surface area contributed by atoms with Gasteiger partial charge in [0.25, 0.3) is 15.9 Å². The Kier molecular flexibility index (Phi) is 6.80. The molecule has 1 saturated heterocycles. The molecule has 34 heavy (non-hydrogen) atoms. The first-order valence-electron chi connectivity index (χ1n) is 10.7. The molecule has 0 saturated carbocycles. The molecule has 1 aliphatic rings. The number of aromatic nitrogens is 1. The van der Waals surface area contributed by atoms with Crippen molar-refractivity contribution >= 4 is 61.7 Å². The van der Waals surface area contributed by atoms with Gasteiger partial charge in [0.1, 0.15) is 6.54 Å². The van der Waals surface area contributed by atoms with Crippen LogP contribution < -0.4 is 4.31 Å². The van der Waals surface area contributed by atoms with Gasteiger partial charge in [0.2, 0.25) is 0 Å². The maximum atomic E-state index is 13.4. The number of aryl methyl sites for hydroxylation is 1. The molecule has 1 fully saturated rings. The maximum absolute atomic E-state index is 13.4. The number of nitrogens with zero attached hydrogens (tertiary/aromatic N) is 3. The summed E-state index contributed by atoms with van der Waals surface area (Å²) < 4.78 is 29.3. The number of aliphatic carboxylic acids is 1. The number of fused-ring (bicyclic) bond motifs is 1. The molecule has 0 spiro atoms. The first-order valence-corrected chi connectivity index (χ1v) is 12.9. The van der Waals surface area contributed by atoms with Crippen molar-refractivity contribution in [3.05, 3.63) is 58.2 Å². The van der Waals surface area contributed by atoms with Crippen LogP contribution in [0.15, 0.2) is 47.5 Å². The Labute approximate surface area is 207 Å². The SMILES string of the molecule is Cn1cc(C(=O)N2CCCCC2)c2ccc(N(CC(=O)O)S(=O)(=O)c3cc(Cl)cc(Cl)c3)cc21. The highest BCUT2D eigenvalue weighted by molar-refractivity contribution is 7.92. The summed E-state index contributed by atoms with van der Waals surface area (Å²) in [5.41, 5.74) is 1.27. The number of piperidine rings is 1. The van der Waals surface area contributed by atoms with E-state index in [9.17, 15) is 23.1 Å². The standard InChI is InChI=1S/C23H23Cl2N3O5S/c1-26-13-20(23(31)27-7-3-2-4-8-27)19-6-5-17(12-21(19)26)28(14-22(29)30)34(32,33)18-10-15(24)9-16(25)11-18/h5-6,9-13H,2-4,7-8,14H2,1H3,(H,29,30). The van der Waals surface area contributed by atoms with Gasteiger partial charge in [-0.1, -0.05) is 23.2 Å². The molecule has 180 valence electrons. The molecule has 1 amide bonds. The molecule has 0 unspecified atom stereocenters. The molecule has 2 aromatic carbocycles. The lowest BCUT2D eigenvalue weighted by atomic mass is 10.1. The molecule has 0 radical (unpaired) electrons. The Morgan fingerprint density at radius 3 is 2.29 bits per heavy atom. The van der Waals surface area contributed by atoms with E-state index >= 15 is 0 Å². The minimum atomic E-state index is -4.30. The van der Waals surface area contributed by atoms with Gasteiger partial charge in [-0.05, 0) is 55.7 Å². The highest BCUT2D eigenvalue weighted by Crippen LogP contribution is 2.32. The van der Waals surface area contributed by atoms with Gasteiger partial charge in [0, 0.05) is 41.8 Å². The Morgan fingerprint density at radius 1 is 1.03 bits per heavy atom. The average molecular weight is 524 g/mol. The second-order valence-electron chi connectivity index (χ2n) is 8.22. The summed E-state index contributed by atoms with van der Waals surface area (Å²) >= 11 is 12.0. The number of carboxylic acids is 1. The second kappa shape index (κ2) is 9.48. The predicted molar refractivity (Wildman–Crippen MR) is 131 cm³/mol. The monoisotopic (exact) mass is 523 g/mol. The van der Waals surface area contributed by atoms with Crippen LogP contribution in [0.25, 0.3) is 10.9 Å². The summed E-state index contributed by atoms with van der Waals surface area (Å²) in [7, 11) is -2.55. The molecular formula is C23H23Cl2N3O5S. The molecule has 1 aliphatic heterocycles. The molecule has 8 nitrogen and oxygen atoms in total. The maximum Gasteiger partial charge on any atom is 0.324 e. The Bertz CT molecular complexity index is 1360. The van der Waals surface area contributed by atoms with Crippen molar-refractivity contribution in [1.29, 1.82) is 0 Å². The van der Waals surface area contributed by atoms with Gasteiger partial charge in [-0.15, -0.1) is 0 Å². The van der Waals surface area contributed by atoms with Crippen molar-refractivity contribution in [2.45, 2.75) is 24.2 Å². The fourth-order valence-electron chi connectivity index (χ4n) is 4.21. The summed E-state index contributed by atoms with van der Waals surface area (Å²) in [6.07, 6.45) is 4.76.